The van der Waals surface area contributed by atoms with Crippen LogP contribution in [0.2, 0.25) is 0 Å². The van der Waals surface area contributed by atoms with Gasteiger partial charge in [-0.05, 0) is 25.0 Å². The Morgan fingerprint density at radius 1 is 0.900 bits per heavy atom. The van der Waals surface area contributed by atoms with Gasteiger partial charge in [-0.25, -0.2) is 9.97 Å². The van der Waals surface area contributed by atoms with Crippen LogP contribution >= 0.6 is 0 Å². The molecule has 2 fully saturated rings. The van der Waals surface area contributed by atoms with Gasteiger partial charge >= 0.3 is 6.36 Å². The molecule has 2 aliphatic heterocycles. The third kappa shape index (κ3) is 4.58. The quantitative estimate of drug-likeness (QED) is 0.757. The fourth-order valence-electron chi connectivity index (χ4n) is 3.80. The number of rotatable bonds is 4. The Balaban J connectivity index is 1.42. The highest BCUT2D eigenvalue weighted by molar-refractivity contribution is 5.97. The van der Waals surface area contributed by atoms with Gasteiger partial charge in [-0.1, -0.05) is 12.1 Å². The third-order valence-electron chi connectivity index (χ3n) is 5.30. The summed E-state index contributed by atoms with van der Waals surface area (Å²) in [5.41, 5.74) is -0.0957. The predicted molar refractivity (Wildman–Crippen MR) is 105 cm³/mol. The Morgan fingerprint density at radius 2 is 1.50 bits per heavy atom. The number of amides is 1. The van der Waals surface area contributed by atoms with Crippen LogP contribution in [-0.2, 0) is 0 Å². The van der Waals surface area contributed by atoms with Crippen LogP contribution in [0.3, 0.4) is 0 Å². The zero-order valence-electron chi connectivity index (χ0n) is 16.3. The van der Waals surface area contributed by atoms with Crippen molar-refractivity contribution < 1.29 is 22.7 Å². The molecular weight excluding hydrogens is 399 g/mol. The van der Waals surface area contributed by atoms with Gasteiger partial charge in [0.2, 0.25) is 0 Å². The fraction of sp³-hybridized carbons (Fsp3) is 0.450. The molecular formula is C20H22F3N5O2. The first-order valence-electron chi connectivity index (χ1n) is 9.87. The van der Waals surface area contributed by atoms with Gasteiger partial charge < -0.3 is 19.4 Å². The van der Waals surface area contributed by atoms with Gasteiger partial charge in [0.15, 0.2) is 0 Å². The average Bonchev–Trinajstić information content (AvgIpc) is 3.28. The van der Waals surface area contributed by atoms with Crippen LogP contribution in [-0.4, -0.2) is 66.4 Å². The maximum atomic E-state index is 12.8. The van der Waals surface area contributed by atoms with E-state index < -0.39 is 18.0 Å². The average molecular weight is 421 g/mol. The Hall–Kier alpha value is -3.04. The molecule has 0 unspecified atom stereocenters. The molecule has 1 amide bonds. The lowest BCUT2D eigenvalue weighted by molar-refractivity contribution is -0.274. The molecule has 7 nitrogen and oxygen atoms in total. The number of ether oxygens (including phenoxy) is 1. The van der Waals surface area contributed by atoms with Crippen molar-refractivity contribution in [1.29, 1.82) is 0 Å². The second-order valence-electron chi connectivity index (χ2n) is 7.25. The minimum Gasteiger partial charge on any atom is -0.405 e. The van der Waals surface area contributed by atoms with E-state index in [1.165, 1.54) is 23.1 Å². The number of carbonyl (C=O) groups is 1. The summed E-state index contributed by atoms with van der Waals surface area (Å²) < 4.78 is 41.9. The van der Waals surface area contributed by atoms with Gasteiger partial charge in [-0.3, -0.25) is 4.79 Å². The molecule has 2 aromatic rings. The molecule has 0 atom stereocenters. The van der Waals surface area contributed by atoms with E-state index in [9.17, 15) is 18.0 Å². The topological polar surface area (TPSA) is 61.8 Å². The van der Waals surface area contributed by atoms with Crippen LogP contribution in [0, 0.1) is 0 Å². The number of aromatic nitrogens is 2. The number of alkyl halides is 3. The van der Waals surface area contributed by atoms with Gasteiger partial charge in [0.05, 0.1) is 5.56 Å². The molecule has 0 bridgehead atoms. The molecule has 0 spiro atoms. The molecule has 1 aromatic heterocycles. The molecule has 2 saturated heterocycles. The Morgan fingerprint density at radius 3 is 2.13 bits per heavy atom. The number of para-hydroxylation sites is 1. The zero-order chi connectivity index (χ0) is 21.1. The number of hydrogen-bond donors (Lipinski definition) is 0. The minimum absolute atomic E-state index is 0.0957. The number of halogens is 3. The third-order valence-corrected chi connectivity index (χ3v) is 5.30. The van der Waals surface area contributed by atoms with E-state index in [1.807, 2.05) is 6.07 Å². The van der Waals surface area contributed by atoms with E-state index >= 15 is 0 Å². The highest BCUT2D eigenvalue weighted by Gasteiger charge is 2.34. The van der Waals surface area contributed by atoms with Crippen molar-refractivity contribution in [3.8, 4) is 5.75 Å². The number of piperazine rings is 1. The molecule has 30 heavy (non-hydrogen) atoms. The first kappa shape index (κ1) is 20.2. The van der Waals surface area contributed by atoms with Crippen LogP contribution in [0.4, 0.5) is 24.8 Å². The summed E-state index contributed by atoms with van der Waals surface area (Å²) in [6, 6.07) is 7.38. The fourth-order valence-corrected chi connectivity index (χ4v) is 3.80. The van der Waals surface area contributed by atoms with Gasteiger partial charge in [0.25, 0.3) is 5.91 Å². The molecule has 1 aromatic carbocycles. The van der Waals surface area contributed by atoms with Crippen molar-refractivity contribution >= 4 is 17.5 Å². The van der Waals surface area contributed by atoms with Gasteiger partial charge in [0, 0.05) is 45.3 Å². The standard InChI is InChI=1S/C20H22F3N5O2/c21-20(22,23)30-16-6-2-1-5-15(16)19(29)28-11-9-27(10-12-28)18-13-17(24-14-25-18)26-7-3-4-8-26/h1-2,5-6,13-14H,3-4,7-12H2. The Labute approximate surface area is 172 Å². The molecule has 0 saturated carbocycles. The van der Waals surface area contributed by atoms with Crippen LogP contribution < -0.4 is 14.5 Å². The van der Waals surface area contributed by atoms with Crippen LogP contribution in [0.25, 0.3) is 0 Å². The van der Waals surface area contributed by atoms with E-state index in [-0.39, 0.29) is 5.56 Å². The van der Waals surface area contributed by atoms with Crippen molar-refractivity contribution in [2.45, 2.75) is 19.2 Å². The number of nitrogens with zero attached hydrogens (tertiary/aromatic N) is 5. The molecule has 0 aliphatic carbocycles. The summed E-state index contributed by atoms with van der Waals surface area (Å²) in [5, 5.41) is 0. The molecule has 10 heteroatoms. The Kier molecular flexibility index (Phi) is 5.65. The largest absolute Gasteiger partial charge is 0.573 e. The Bertz CT molecular complexity index is 894. The monoisotopic (exact) mass is 421 g/mol. The lowest BCUT2D eigenvalue weighted by Gasteiger charge is -2.35. The maximum absolute atomic E-state index is 12.8. The molecule has 0 N–H and O–H groups in total. The SMILES string of the molecule is O=C(c1ccccc1OC(F)(F)F)N1CCN(c2cc(N3CCCC3)ncn2)CC1. The summed E-state index contributed by atoms with van der Waals surface area (Å²) >= 11 is 0. The highest BCUT2D eigenvalue weighted by atomic mass is 19.4. The van der Waals surface area contributed by atoms with E-state index in [0.717, 1.165) is 43.6 Å². The van der Waals surface area contributed by atoms with Crippen molar-refractivity contribution in [2.75, 3.05) is 49.1 Å². The lowest BCUT2D eigenvalue weighted by Crippen LogP contribution is -2.49. The van der Waals surface area contributed by atoms with Crippen molar-refractivity contribution in [3.63, 3.8) is 0 Å². The number of carbonyl (C=O) groups excluding carboxylic acids is 1. The van der Waals surface area contributed by atoms with Crippen molar-refractivity contribution in [1.82, 2.24) is 14.9 Å². The lowest BCUT2D eigenvalue weighted by atomic mass is 10.1. The van der Waals surface area contributed by atoms with E-state index in [1.54, 1.807) is 6.33 Å². The van der Waals surface area contributed by atoms with Crippen LogP contribution in [0.1, 0.15) is 23.2 Å². The summed E-state index contributed by atoms with van der Waals surface area (Å²) in [7, 11) is 0. The number of benzene rings is 1. The summed E-state index contributed by atoms with van der Waals surface area (Å²) in [5.74, 6) is 0.729. The smallest absolute Gasteiger partial charge is 0.405 e. The predicted octanol–water partition coefficient (Wildman–Crippen LogP) is 2.94. The summed E-state index contributed by atoms with van der Waals surface area (Å²) in [6.07, 6.45) is -1.00. The first-order valence-corrected chi connectivity index (χ1v) is 9.87. The maximum Gasteiger partial charge on any atom is 0.573 e. The van der Waals surface area contributed by atoms with Crippen molar-refractivity contribution in [3.05, 3.63) is 42.2 Å². The van der Waals surface area contributed by atoms with Gasteiger partial charge in [-0.2, -0.15) is 0 Å². The number of anilines is 2. The minimum atomic E-state index is -4.85. The van der Waals surface area contributed by atoms with Gasteiger partial charge in [-0.15, -0.1) is 13.2 Å². The highest BCUT2D eigenvalue weighted by Crippen LogP contribution is 2.28. The molecule has 2 aliphatic rings. The first-order chi connectivity index (χ1) is 14.4. The molecule has 0 radical (unpaired) electrons. The van der Waals surface area contributed by atoms with Crippen molar-refractivity contribution in [2.24, 2.45) is 0 Å². The molecule has 160 valence electrons. The van der Waals surface area contributed by atoms with E-state index in [2.05, 4.69) is 24.5 Å². The molecule has 3 heterocycles. The normalized spacial score (nSPS) is 17.4. The second-order valence-corrected chi connectivity index (χ2v) is 7.25. The summed E-state index contributed by atoms with van der Waals surface area (Å²) in [6.45, 7) is 3.79. The zero-order valence-corrected chi connectivity index (χ0v) is 16.3. The molecule has 4 rings (SSSR count). The van der Waals surface area contributed by atoms with Gasteiger partial charge in [0.1, 0.15) is 23.7 Å². The van der Waals surface area contributed by atoms with E-state index in [4.69, 9.17) is 0 Å². The number of hydrogen-bond acceptors (Lipinski definition) is 6. The van der Waals surface area contributed by atoms with Crippen LogP contribution in [0.15, 0.2) is 36.7 Å². The van der Waals surface area contributed by atoms with E-state index in [0.29, 0.717) is 26.2 Å². The van der Waals surface area contributed by atoms with Crippen LogP contribution in [0.5, 0.6) is 5.75 Å². The second kappa shape index (κ2) is 8.37. The summed E-state index contributed by atoms with van der Waals surface area (Å²) in [4.78, 5) is 27.3.